The van der Waals surface area contributed by atoms with Crippen molar-refractivity contribution in [3.8, 4) is 0 Å². The molecule has 0 radical (unpaired) electrons. The molecule has 0 unspecified atom stereocenters. The Morgan fingerprint density at radius 3 is 2.42 bits per heavy atom. The summed E-state index contributed by atoms with van der Waals surface area (Å²) in [6, 6.07) is 8.14. The number of carbonyl (C=O) groups excluding carboxylic acids is 2. The Labute approximate surface area is 190 Å². The zero-order valence-electron chi connectivity index (χ0n) is 19.1. The van der Waals surface area contributed by atoms with Crippen LogP contribution in [0.25, 0.3) is 0 Å². The van der Waals surface area contributed by atoms with E-state index in [1.54, 1.807) is 0 Å². The maximum absolute atomic E-state index is 12.2. The number of piperidine rings is 1. The fourth-order valence-electron chi connectivity index (χ4n) is 4.09. The van der Waals surface area contributed by atoms with Crippen LogP contribution in [-0.2, 0) is 25.6 Å². The molecule has 1 amide bonds. The van der Waals surface area contributed by atoms with E-state index in [4.69, 9.17) is 9.47 Å². The zero-order valence-corrected chi connectivity index (χ0v) is 19.9. The largest absolute Gasteiger partial charge is 0.468 e. The van der Waals surface area contributed by atoms with Crippen LogP contribution in [0.2, 0.25) is 0 Å². The Morgan fingerprint density at radius 2 is 1.81 bits per heavy atom. The minimum absolute atomic E-state index is 0.184. The van der Waals surface area contributed by atoms with Gasteiger partial charge in [-0.15, -0.1) is 11.8 Å². The van der Waals surface area contributed by atoms with Crippen molar-refractivity contribution in [2.75, 3.05) is 32.6 Å². The molecule has 0 aromatic heterocycles. The Bertz CT molecular complexity index is 737. The first kappa shape index (κ1) is 23.9. The summed E-state index contributed by atoms with van der Waals surface area (Å²) in [7, 11) is 1.40. The molecular formula is C24H35NO5S. The van der Waals surface area contributed by atoms with Crippen LogP contribution in [0.15, 0.2) is 29.2 Å². The summed E-state index contributed by atoms with van der Waals surface area (Å²) in [6.45, 7) is 8.73. The molecule has 0 N–H and O–H groups in total. The van der Waals surface area contributed by atoms with Crippen LogP contribution in [0.1, 0.15) is 45.6 Å². The summed E-state index contributed by atoms with van der Waals surface area (Å²) >= 11 is 1.47. The number of benzene rings is 1. The average molecular weight is 450 g/mol. The van der Waals surface area contributed by atoms with Gasteiger partial charge in [-0.25, -0.2) is 4.79 Å². The number of hydrogen-bond donors (Lipinski definition) is 0. The fourth-order valence-corrected chi connectivity index (χ4v) is 4.82. The molecule has 172 valence electrons. The Hall–Kier alpha value is -1.73. The number of esters is 1. The number of likely N-dealkylation sites (tertiary alicyclic amines) is 1. The summed E-state index contributed by atoms with van der Waals surface area (Å²) in [6.07, 6.45) is 3.17. The van der Waals surface area contributed by atoms with Crippen molar-refractivity contribution < 1.29 is 23.8 Å². The van der Waals surface area contributed by atoms with Gasteiger partial charge in [0.25, 0.3) is 0 Å². The highest BCUT2D eigenvalue weighted by Gasteiger charge is 2.44. The van der Waals surface area contributed by atoms with Crippen molar-refractivity contribution in [3.05, 3.63) is 29.8 Å². The molecule has 3 rings (SSSR count). The summed E-state index contributed by atoms with van der Waals surface area (Å²) in [4.78, 5) is 26.3. The van der Waals surface area contributed by atoms with Gasteiger partial charge in [-0.3, -0.25) is 4.79 Å². The van der Waals surface area contributed by atoms with Crippen LogP contribution in [0, 0.1) is 17.8 Å². The molecule has 7 heteroatoms. The van der Waals surface area contributed by atoms with Gasteiger partial charge in [0.05, 0.1) is 26.1 Å². The highest BCUT2D eigenvalue weighted by atomic mass is 32.2. The smallest absolute Gasteiger partial charge is 0.410 e. The summed E-state index contributed by atoms with van der Waals surface area (Å²) in [5.41, 5.74) is 0.708. The van der Waals surface area contributed by atoms with Crippen LogP contribution < -0.4 is 0 Å². The van der Waals surface area contributed by atoms with E-state index < -0.39 is 5.60 Å². The number of ether oxygens (including phenoxy) is 3. The molecule has 1 aromatic carbocycles. The number of amides is 1. The minimum atomic E-state index is -0.435. The van der Waals surface area contributed by atoms with Gasteiger partial charge in [0.15, 0.2) is 0 Å². The molecule has 1 heterocycles. The van der Waals surface area contributed by atoms with Crippen molar-refractivity contribution in [1.29, 1.82) is 0 Å². The molecule has 1 aromatic rings. The van der Waals surface area contributed by atoms with Crippen molar-refractivity contribution in [2.45, 2.75) is 57.1 Å². The van der Waals surface area contributed by atoms with E-state index in [0.29, 0.717) is 24.2 Å². The summed E-state index contributed by atoms with van der Waals surface area (Å²) in [5, 5.41) is 0. The zero-order chi connectivity index (χ0) is 22.4. The number of nitrogens with zero attached hydrogens (tertiary/aromatic N) is 1. The van der Waals surface area contributed by atoms with E-state index in [9.17, 15) is 9.59 Å². The van der Waals surface area contributed by atoms with Gasteiger partial charge in [-0.05, 0) is 75.5 Å². The first-order chi connectivity index (χ1) is 14.7. The average Bonchev–Trinajstić information content (AvgIpc) is 3.51. The van der Waals surface area contributed by atoms with E-state index in [1.807, 2.05) is 37.8 Å². The van der Waals surface area contributed by atoms with Crippen molar-refractivity contribution >= 4 is 23.8 Å². The molecule has 0 spiro atoms. The number of methoxy groups -OCH3 is 1. The molecule has 1 aliphatic heterocycles. The number of carbonyl (C=O) groups is 2. The van der Waals surface area contributed by atoms with E-state index in [0.717, 1.165) is 48.9 Å². The van der Waals surface area contributed by atoms with E-state index >= 15 is 0 Å². The molecule has 2 fully saturated rings. The third-order valence-corrected chi connectivity index (χ3v) is 6.87. The molecule has 1 saturated heterocycles. The third kappa shape index (κ3) is 7.72. The van der Waals surface area contributed by atoms with E-state index in [2.05, 4.69) is 16.9 Å². The Kier molecular flexibility index (Phi) is 8.28. The van der Waals surface area contributed by atoms with Crippen LogP contribution in [0.3, 0.4) is 0 Å². The maximum atomic E-state index is 12.2. The minimum Gasteiger partial charge on any atom is -0.468 e. The lowest BCUT2D eigenvalue weighted by molar-refractivity contribution is -0.137. The molecule has 6 nitrogen and oxygen atoms in total. The van der Waals surface area contributed by atoms with Crippen molar-refractivity contribution in [2.24, 2.45) is 17.8 Å². The van der Waals surface area contributed by atoms with Crippen molar-refractivity contribution in [3.63, 3.8) is 0 Å². The number of thioether (sulfide) groups is 1. The van der Waals surface area contributed by atoms with Gasteiger partial charge in [-0.2, -0.15) is 0 Å². The highest BCUT2D eigenvalue weighted by Crippen LogP contribution is 2.48. The van der Waals surface area contributed by atoms with Crippen LogP contribution in [0.5, 0.6) is 0 Å². The molecule has 0 bridgehead atoms. The quantitative estimate of drug-likeness (QED) is 0.421. The monoisotopic (exact) mass is 449 g/mol. The van der Waals surface area contributed by atoms with Gasteiger partial charge < -0.3 is 19.1 Å². The van der Waals surface area contributed by atoms with E-state index in [1.165, 1.54) is 25.3 Å². The number of rotatable bonds is 8. The standard InChI is InChI=1S/C24H35NO5S/c1-24(2,3)30-23(27)25-11-9-18(10-12-25)21-13-19(21)15-29-14-17-5-7-20(8-6-17)31-16-22(26)28-4/h5-8,18-19,21H,9-16H2,1-4H3/t19-,21+/m0/s1. The first-order valence-corrected chi connectivity index (χ1v) is 12.1. The SMILES string of the molecule is COC(=O)CSc1ccc(COC[C@@H]2C[C@@H]2C2CCN(C(=O)OC(C)(C)C)CC2)cc1. The van der Waals surface area contributed by atoms with Gasteiger partial charge in [0.1, 0.15) is 5.60 Å². The van der Waals surface area contributed by atoms with E-state index in [-0.39, 0.29) is 12.1 Å². The lowest BCUT2D eigenvalue weighted by Gasteiger charge is -2.33. The lowest BCUT2D eigenvalue weighted by Crippen LogP contribution is -2.42. The molecular weight excluding hydrogens is 414 g/mol. The van der Waals surface area contributed by atoms with Gasteiger partial charge in [0, 0.05) is 18.0 Å². The normalized spacial score (nSPS) is 21.6. The summed E-state index contributed by atoms with van der Waals surface area (Å²) < 4.78 is 16.1. The third-order valence-electron chi connectivity index (χ3n) is 5.88. The number of hydrogen-bond acceptors (Lipinski definition) is 6. The molecule has 1 saturated carbocycles. The fraction of sp³-hybridized carbons (Fsp3) is 0.667. The Morgan fingerprint density at radius 1 is 1.13 bits per heavy atom. The summed E-state index contributed by atoms with van der Waals surface area (Å²) in [5.74, 6) is 2.18. The van der Waals surface area contributed by atoms with Crippen LogP contribution in [0.4, 0.5) is 4.79 Å². The topological polar surface area (TPSA) is 65.1 Å². The second kappa shape index (κ2) is 10.7. The molecule has 31 heavy (non-hydrogen) atoms. The highest BCUT2D eigenvalue weighted by molar-refractivity contribution is 8.00. The lowest BCUT2D eigenvalue weighted by atomic mass is 9.91. The first-order valence-electron chi connectivity index (χ1n) is 11.1. The Balaban J connectivity index is 1.31. The van der Waals surface area contributed by atoms with Crippen LogP contribution >= 0.6 is 11.8 Å². The predicted molar refractivity (Wildman–Crippen MR) is 121 cm³/mol. The molecule has 2 aliphatic rings. The molecule has 2 atom stereocenters. The van der Waals surface area contributed by atoms with Crippen molar-refractivity contribution in [1.82, 2.24) is 4.90 Å². The maximum Gasteiger partial charge on any atom is 0.410 e. The second-order valence-corrected chi connectivity index (χ2v) is 10.5. The predicted octanol–water partition coefficient (Wildman–Crippen LogP) is 4.75. The van der Waals surface area contributed by atoms with Gasteiger partial charge in [-0.1, -0.05) is 12.1 Å². The van der Waals surface area contributed by atoms with Gasteiger partial charge >= 0.3 is 12.1 Å². The van der Waals surface area contributed by atoms with Crippen LogP contribution in [-0.4, -0.2) is 55.1 Å². The second-order valence-electron chi connectivity index (χ2n) is 9.49. The van der Waals surface area contributed by atoms with Gasteiger partial charge in [0.2, 0.25) is 0 Å². The molecule has 1 aliphatic carbocycles.